The summed E-state index contributed by atoms with van der Waals surface area (Å²) < 4.78 is 15.8. The van der Waals surface area contributed by atoms with Crippen LogP contribution in [0.5, 0.6) is 17.2 Å². The van der Waals surface area contributed by atoms with E-state index in [1.165, 1.54) is 5.56 Å². The first kappa shape index (κ1) is 18.9. The fraction of sp³-hybridized carbons (Fsp3) is 0.316. The van der Waals surface area contributed by atoms with Crippen molar-refractivity contribution in [3.63, 3.8) is 0 Å². The van der Waals surface area contributed by atoms with E-state index in [4.69, 9.17) is 25.8 Å². The summed E-state index contributed by atoms with van der Waals surface area (Å²) in [6, 6.07) is 12.9. The third-order valence-corrected chi connectivity index (χ3v) is 3.82. The summed E-state index contributed by atoms with van der Waals surface area (Å²) in [7, 11) is 3.12. The monoisotopic (exact) mass is 363 g/mol. The standard InChI is InChI=1S/C19H22ClNO4/c1-23-16-10-17(24-2)12-18(11-16)25-13-19(22)21-9-3-4-14-5-7-15(20)8-6-14/h5-8,10-12H,3-4,9,13H2,1-2H3,(H,21,22). The highest BCUT2D eigenvalue weighted by Crippen LogP contribution is 2.27. The summed E-state index contributed by atoms with van der Waals surface area (Å²) in [5.74, 6) is 1.57. The molecule has 0 radical (unpaired) electrons. The highest BCUT2D eigenvalue weighted by atomic mass is 35.5. The number of nitrogens with one attached hydrogen (secondary N) is 1. The molecule has 134 valence electrons. The lowest BCUT2D eigenvalue weighted by Crippen LogP contribution is -2.29. The van der Waals surface area contributed by atoms with Gasteiger partial charge in [-0.1, -0.05) is 23.7 Å². The second-order valence-electron chi connectivity index (χ2n) is 5.42. The van der Waals surface area contributed by atoms with Crippen LogP contribution in [0.25, 0.3) is 0 Å². The number of rotatable bonds is 9. The fourth-order valence-electron chi connectivity index (χ4n) is 2.24. The van der Waals surface area contributed by atoms with Crippen molar-refractivity contribution in [3.05, 3.63) is 53.1 Å². The molecule has 0 saturated carbocycles. The average molecular weight is 364 g/mol. The van der Waals surface area contributed by atoms with Crippen LogP contribution in [0.4, 0.5) is 0 Å². The van der Waals surface area contributed by atoms with Gasteiger partial charge in [-0.3, -0.25) is 4.79 Å². The van der Waals surface area contributed by atoms with E-state index in [0.29, 0.717) is 23.8 Å². The van der Waals surface area contributed by atoms with Crippen LogP contribution >= 0.6 is 11.6 Å². The van der Waals surface area contributed by atoms with Gasteiger partial charge in [0.05, 0.1) is 14.2 Å². The zero-order valence-corrected chi connectivity index (χ0v) is 15.1. The summed E-state index contributed by atoms with van der Waals surface area (Å²) >= 11 is 5.85. The number of carbonyl (C=O) groups excluding carboxylic acids is 1. The zero-order chi connectivity index (χ0) is 18.1. The Hall–Kier alpha value is -2.40. The van der Waals surface area contributed by atoms with Gasteiger partial charge in [0.1, 0.15) is 17.2 Å². The van der Waals surface area contributed by atoms with Gasteiger partial charge in [0, 0.05) is 29.8 Å². The molecule has 25 heavy (non-hydrogen) atoms. The molecule has 5 nitrogen and oxygen atoms in total. The van der Waals surface area contributed by atoms with E-state index in [-0.39, 0.29) is 12.5 Å². The third kappa shape index (κ3) is 6.55. The molecule has 0 bridgehead atoms. The molecule has 2 rings (SSSR count). The number of ether oxygens (including phenoxy) is 3. The number of aryl methyl sites for hydroxylation is 1. The molecular weight excluding hydrogens is 342 g/mol. The SMILES string of the molecule is COc1cc(OC)cc(OCC(=O)NCCCc2ccc(Cl)cc2)c1. The highest BCUT2D eigenvalue weighted by molar-refractivity contribution is 6.30. The first-order valence-corrected chi connectivity index (χ1v) is 8.35. The van der Waals surface area contributed by atoms with Crippen molar-refractivity contribution in [1.82, 2.24) is 5.32 Å². The number of amides is 1. The predicted molar refractivity (Wildman–Crippen MR) is 97.8 cm³/mol. The quantitative estimate of drug-likeness (QED) is 0.693. The predicted octanol–water partition coefficient (Wildman–Crippen LogP) is 3.49. The second-order valence-corrected chi connectivity index (χ2v) is 5.85. The number of benzene rings is 2. The lowest BCUT2D eigenvalue weighted by atomic mass is 10.1. The van der Waals surface area contributed by atoms with Crippen LogP contribution in [0, 0.1) is 0 Å². The van der Waals surface area contributed by atoms with Gasteiger partial charge in [-0.05, 0) is 30.5 Å². The lowest BCUT2D eigenvalue weighted by Gasteiger charge is -2.10. The Morgan fingerprint density at radius 3 is 2.20 bits per heavy atom. The maximum Gasteiger partial charge on any atom is 0.257 e. The van der Waals surface area contributed by atoms with E-state index >= 15 is 0 Å². The number of halogens is 1. The van der Waals surface area contributed by atoms with Crippen molar-refractivity contribution in [2.24, 2.45) is 0 Å². The average Bonchev–Trinajstić information content (AvgIpc) is 2.64. The molecular formula is C19H22ClNO4. The molecule has 0 spiro atoms. The second kappa shape index (κ2) is 9.79. The summed E-state index contributed by atoms with van der Waals surface area (Å²) in [5.41, 5.74) is 1.19. The van der Waals surface area contributed by atoms with Crippen LogP contribution in [-0.4, -0.2) is 33.3 Å². The Morgan fingerprint density at radius 1 is 1.00 bits per heavy atom. The Morgan fingerprint density at radius 2 is 1.60 bits per heavy atom. The van der Waals surface area contributed by atoms with Crippen LogP contribution in [0.2, 0.25) is 5.02 Å². The molecule has 0 fully saturated rings. The molecule has 0 aliphatic carbocycles. The third-order valence-electron chi connectivity index (χ3n) is 3.57. The van der Waals surface area contributed by atoms with E-state index < -0.39 is 0 Å². The molecule has 1 amide bonds. The Balaban J connectivity index is 1.71. The van der Waals surface area contributed by atoms with Crippen molar-refractivity contribution in [3.8, 4) is 17.2 Å². The summed E-state index contributed by atoms with van der Waals surface area (Å²) in [4.78, 5) is 11.9. The summed E-state index contributed by atoms with van der Waals surface area (Å²) in [6.45, 7) is 0.531. The fourth-order valence-corrected chi connectivity index (χ4v) is 2.36. The van der Waals surface area contributed by atoms with E-state index in [0.717, 1.165) is 17.9 Å². The normalized spacial score (nSPS) is 10.2. The zero-order valence-electron chi connectivity index (χ0n) is 14.4. The first-order chi connectivity index (χ1) is 12.1. The largest absolute Gasteiger partial charge is 0.496 e. The Kier molecular flexibility index (Phi) is 7.41. The van der Waals surface area contributed by atoms with Crippen LogP contribution < -0.4 is 19.5 Å². The van der Waals surface area contributed by atoms with Crippen molar-refractivity contribution >= 4 is 17.5 Å². The first-order valence-electron chi connectivity index (χ1n) is 7.97. The molecule has 6 heteroatoms. The number of carbonyl (C=O) groups is 1. The van der Waals surface area contributed by atoms with Crippen LogP contribution in [-0.2, 0) is 11.2 Å². The van der Waals surface area contributed by atoms with Crippen molar-refractivity contribution in [2.45, 2.75) is 12.8 Å². The smallest absolute Gasteiger partial charge is 0.257 e. The number of hydrogen-bond acceptors (Lipinski definition) is 4. The minimum atomic E-state index is -0.169. The lowest BCUT2D eigenvalue weighted by molar-refractivity contribution is -0.123. The molecule has 0 atom stereocenters. The van der Waals surface area contributed by atoms with Gasteiger partial charge < -0.3 is 19.5 Å². The molecule has 0 aromatic heterocycles. The van der Waals surface area contributed by atoms with Gasteiger partial charge >= 0.3 is 0 Å². The maximum absolute atomic E-state index is 11.9. The topological polar surface area (TPSA) is 56.8 Å². The van der Waals surface area contributed by atoms with E-state index in [2.05, 4.69) is 5.32 Å². The number of hydrogen-bond donors (Lipinski definition) is 1. The van der Waals surface area contributed by atoms with Crippen molar-refractivity contribution in [2.75, 3.05) is 27.4 Å². The maximum atomic E-state index is 11.9. The molecule has 0 aliphatic rings. The Labute approximate surface area is 152 Å². The molecule has 0 heterocycles. The summed E-state index contributed by atoms with van der Waals surface area (Å²) in [5, 5.41) is 3.56. The van der Waals surface area contributed by atoms with E-state index in [9.17, 15) is 4.79 Å². The van der Waals surface area contributed by atoms with Crippen molar-refractivity contribution in [1.29, 1.82) is 0 Å². The van der Waals surface area contributed by atoms with Crippen LogP contribution in [0.1, 0.15) is 12.0 Å². The van der Waals surface area contributed by atoms with Crippen LogP contribution in [0.3, 0.4) is 0 Å². The molecule has 0 saturated heterocycles. The summed E-state index contributed by atoms with van der Waals surface area (Å²) in [6.07, 6.45) is 1.73. The van der Waals surface area contributed by atoms with Gasteiger partial charge in [-0.2, -0.15) is 0 Å². The highest BCUT2D eigenvalue weighted by Gasteiger charge is 2.06. The van der Waals surface area contributed by atoms with E-state index in [1.54, 1.807) is 32.4 Å². The van der Waals surface area contributed by atoms with Gasteiger partial charge in [-0.25, -0.2) is 0 Å². The molecule has 2 aromatic rings. The minimum Gasteiger partial charge on any atom is -0.496 e. The minimum absolute atomic E-state index is 0.0583. The van der Waals surface area contributed by atoms with Gasteiger partial charge in [0.2, 0.25) is 0 Å². The van der Waals surface area contributed by atoms with Gasteiger partial charge in [0.15, 0.2) is 6.61 Å². The van der Waals surface area contributed by atoms with E-state index in [1.807, 2.05) is 24.3 Å². The molecule has 1 N–H and O–H groups in total. The Bertz CT molecular complexity index is 666. The molecule has 0 unspecified atom stereocenters. The van der Waals surface area contributed by atoms with Crippen molar-refractivity contribution < 1.29 is 19.0 Å². The molecule has 0 aliphatic heterocycles. The molecule has 2 aromatic carbocycles. The van der Waals surface area contributed by atoms with Gasteiger partial charge in [-0.15, -0.1) is 0 Å². The van der Waals surface area contributed by atoms with Crippen LogP contribution in [0.15, 0.2) is 42.5 Å². The number of methoxy groups -OCH3 is 2. The van der Waals surface area contributed by atoms with Gasteiger partial charge in [0.25, 0.3) is 5.91 Å².